The number of fused-ring (bicyclic) bond motifs is 2. The number of rotatable bonds is 30. The molecule has 3 aromatic rings. The lowest BCUT2D eigenvalue weighted by Gasteiger charge is -2.60. The quantitative estimate of drug-likeness (QED) is 0.0330. The Balaban J connectivity index is 1.47. The molecule has 14 nitrogen and oxygen atoms in total. The SMILES string of the molecule is C=CCO[C@@]12Oc3ccc(OC(=O)Nc4ccc(OC)cc4OC)cc3[C@H]3[C@H](CCCCO)[C@@H](CCCCO)C=C(C(=NOC(C)(C)C)C[C@@H]1N(Cc1ccc(F)cc1)C(=O)OCCCCCCCCCCCC)[C@H]32. The molecule has 1 heterocycles. The summed E-state index contributed by atoms with van der Waals surface area (Å²) in [6.45, 7) is 12.4. The highest BCUT2D eigenvalue weighted by atomic mass is 19.1. The minimum atomic E-state index is -1.59. The summed E-state index contributed by atoms with van der Waals surface area (Å²) in [5.74, 6) is -1.49. The van der Waals surface area contributed by atoms with Crippen molar-refractivity contribution in [3.63, 3.8) is 0 Å². The first kappa shape index (κ1) is 58.6. The van der Waals surface area contributed by atoms with Crippen molar-refractivity contribution in [1.82, 2.24) is 4.90 Å². The van der Waals surface area contributed by atoms with Gasteiger partial charge in [0.25, 0.3) is 0 Å². The molecule has 412 valence electrons. The second-order valence-corrected chi connectivity index (χ2v) is 21.1. The number of halogens is 1. The van der Waals surface area contributed by atoms with E-state index in [-0.39, 0.29) is 57.0 Å². The summed E-state index contributed by atoms with van der Waals surface area (Å²) in [6.07, 6.45) is 18.2. The number of carbonyl (C=O) groups excluding carboxylic acids is 2. The highest BCUT2D eigenvalue weighted by molar-refractivity contribution is 6.03. The van der Waals surface area contributed by atoms with Crippen LogP contribution in [0.1, 0.15) is 154 Å². The van der Waals surface area contributed by atoms with Crippen LogP contribution in [0.25, 0.3) is 0 Å². The highest BCUT2D eigenvalue weighted by Gasteiger charge is 2.66. The van der Waals surface area contributed by atoms with Crippen LogP contribution in [-0.2, 0) is 20.9 Å². The molecule has 1 saturated carbocycles. The van der Waals surface area contributed by atoms with E-state index >= 15 is 4.79 Å². The number of unbranched alkanes of at least 4 members (excludes halogenated alkanes) is 11. The largest absolute Gasteiger partial charge is 0.497 e. The molecule has 1 aliphatic heterocycles. The van der Waals surface area contributed by atoms with Crippen molar-refractivity contribution in [2.45, 2.75) is 167 Å². The number of methoxy groups -OCH3 is 2. The maximum Gasteiger partial charge on any atom is 0.417 e. The Morgan fingerprint density at radius 3 is 2.20 bits per heavy atom. The molecule has 0 unspecified atom stereocenters. The molecule has 6 atom stereocenters. The number of allylic oxidation sites excluding steroid dienone is 1. The molecular formula is C60H84FN3O11. The lowest BCUT2D eigenvalue weighted by atomic mass is 9.55. The van der Waals surface area contributed by atoms with Crippen LogP contribution in [0, 0.1) is 23.6 Å². The van der Waals surface area contributed by atoms with Crippen molar-refractivity contribution in [2.75, 3.05) is 46.0 Å². The summed E-state index contributed by atoms with van der Waals surface area (Å²) in [6, 6.07) is 15.5. The molecule has 1 fully saturated rings. The number of benzene rings is 3. The molecule has 0 spiro atoms. The second-order valence-electron chi connectivity index (χ2n) is 21.1. The van der Waals surface area contributed by atoms with Gasteiger partial charge >= 0.3 is 12.2 Å². The van der Waals surface area contributed by atoms with Gasteiger partial charge in [0, 0.05) is 43.7 Å². The summed E-state index contributed by atoms with van der Waals surface area (Å²) < 4.78 is 52.2. The van der Waals surface area contributed by atoms with Crippen LogP contribution < -0.4 is 24.3 Å². The van der Waals surface area contributed by atoms with Gasteiger partial charge < -0.3 is 43.5 Å². The van der Waals surface area contributed by atoms with Crippen LogP contribution in [0.5, 0.6) is 23.0 Å². The van der Waals surface area contributed by atoms with E-state index in [1.165, 1.54) is 57.8 Å². The number of aliphatic hydroxyl groups excluding tert-OH is 2. The number of hydrogen-bond donors (Lipinski definition) is 3. The third kappa shape index (κ3) is 16.0. The average molecular weight is 1040 g/mol. The zero-order valence-corrected chi connectivity index (χ0v) is 45.4. The van der Waals surface area contributed by atoms with Gasteiger partial charge in [-0.2, -0.15) is 0 Å². The van der Waals surface area contributed by atoms with Crippen molar-refractivity contribution in [3.05, 3.63) is 102 Å². The number of ether oxygens (including phenoxy) is 6. The Bertz CT molecular complexity index is 2350. The number of hydrogen-bond acceptors (Lipinski definition) is 12. The molecule has 0 aromatic heterocycles. The molecule has 0 radical (unpaired) electrons. The molecule has 75 heavy (non-hydrogen) atoms. The van der Waals surface area contributed by atoms with Gasteiger partial charge in [-0.3, -0.25) is 10.2 Å². The van der Waals surface area contributed by atoms with E-state index in [1.54, 1.807) is 60.6 Å². The Hall–Kier alpha value is -5.64. The standard InChI is InChI=1S/C60H84FN3O11/c1-8-10-11-12-13-14-15-16-17-22-36-71-58(68)64(41-42-25-27-44(61)28-26-42)54-40-51(63-75-59(3,4)5)48-37-43(23-18-20-33-65)47(24-19-21-34-66)55-49-38-46(30-32-52(49)74-60(54,56(48)55)72-35-9-2)73-57(67)62-50-31-29-45(69-6)39-53(50)70-7/h9,25-32,37-39,43,47,54-56,65-66H,2,8,10-24,33-36,40-41H2,1,3-7H3,(H,62,67)/t43-,47+,54-,55+,56+,60+/m0/s1. The van der Waals surface area contributed by atoms with Crippen molar-refractivity contribution in [3.8, 4) is 23.0 Å². The molecule has 6 rings (SSSR count). The number of aliphatic hydroxyl groups is 2. The third-order valence-corrected chi connectivity index (χ3v) is 14.5. The first-order valence-electron chi connectivity index (χ1n) is 27.4. The lowest BCUT2D eigenvalue weighted by Crippen LogP contribution is -2.70. The van der Waals surface area contributed by atoms with Gasteiger partial charge in [0.15, 0.2) is 0 Å². The Morgan fingerprint density at radius 2 is 1.55 bits per heavy atom. The van der Waals surface area contributed by atoms with Crippen LogP contribution in [0.3, 0.4) is 0 Å². The van der Waals surface area contributed by atoms with Gasteiger partial charge in [-0.15, -0.1) is 6.58 Å². The normalized spacial score (nSPS) is 21.2. The molecule has 3 aliphatic rings. The number of nitrogens with one attached hydrogen (secondary N) is 1. The maximum absolute atomic E-state index is 15.1. The van der Waals surface area contributed by atoms with Crippen molar-refractivity contribution >= 4 is 23.6 Å². The third-order valence-electron chi connectivity index (χ3n) is 14.5. The van der Waals surface area contributed by atoms with Crippen LogP contribution in [-0.4, -0.2) is 91.1 Å². The van der Waals surface area contributed by atoms with E-state index in [0.717, 1.165) is 43.2 Å². The monoisotopic (exact) mass is 1040 g/mol. The van der Waals surface area contributed by atoms with E-state index in [0.29, 0.717) is 66.3 Å². The van der Waals surface area contributed by atoms with Crippen molar-refractivity contribution < 1.29 is 57.5 Å². The molecule has 0 saturated heterocycles. The van der Waals surface area contributed by atoms with Gasteiger partial charge in [-0.25, -0.2) is 14.0 Å². The van der Waals surface area contributed by atoms with E-state index < -0.39 is 47.3 Å². The van der Waals surface area contributed by atoms with E-state index in [9.17, 15) is 19.4 Å². The van der Waals surface area contributed by atoms with Gasteiger partial charge in [-0.05, 0) is 118 Å². The molecule has 15 heteroatoms. The fraction of sp³-hybridized carbons (Fsp3) is 0.583. The lowest BCUT2D eigenvalue weighted by molar-refractivity contribution is -0.256. The summed E-state index contributed by atoms with van der Waals surface area (Å²) in [7, 11) is 3.05. The fourth-order valence-electron chi connectivity index (χ4n) is 11.0. The number of anilines is 1. The summed E-state index contributed by atoms with van der Waals surface area (Å²) >= 11 is 0. The maximum atomic E-state index is 15.1. The van der Waals surface area contributed by atoms with Crippen LogP contribution in [0.15, 0.2) is 90.1 Å². The minimum Gasteiger partial charge on any atom is -0.497 e. The zero-order chi connectivity index (χ0) is 53.8. The van der Waals surface area contributed by atoms with Crippen LogP contribution in [0.2, 0.25) is 0 Å². The smallest absolute Gasteiger partial charge is 0.417 e. The van der Waals surface area contributed by atoms with Gasteiger partial charge in [0.05, 0.1) is 44.8 Å². The number of nitrogens with zero attached hydrogens (tertiary/aromatic N) is 2. The van der Waals surface area contributed by atoms with Crippen molar-refractivity contribution in [1.29, 1.82) is 0 Å². The number of amides is 2. The van der Waals surface area contributed by atoms with Gasteiger partial charge in [0.2, 0.25) is 5.79 Å². The topological polar surface area (TPSA) is 167 Å². The van der Waals surface area contributed by atoms with Crippen LogP contribution >= 0.6 is 0 Å². The molecular weight excluding hydrogens is 958 g/mol. The summed E-state index contributed by atoms with van der Waals surface area (Å²) in [5, 5.41) is 27.9. The summed E-state index contributed by atoms with van der Waals surface area (Å²) in [5.41, 5.74) is 2.60. The molecule has 2 amide bonds. The van der Waals surface area contributed by atoms with Gasteiger partial charge in [-0.1, -0.05) is 107 Å². The predicted octanol–water partition coefficient (Wildman–Crippen LogP) is 13.4. The number of oxime groups is 1. The summed E-state index contributed by atoms with van der Waals surface area (Å²) in [4.78, 5) is 36.8. The van der Waals surface area contributed by atoms with E-state index in [1.807, 2.05) is 26.8 Å². The number of carbonyl (C=O) groups is 2. The Labute approximate surface area is 445 Å². The zero-order valence-electron chi connectivity index (χ0n) is 45.4. The van der Waals surface area contributed by atoms with E-state index in [4.69, 9.17) is 38.4 Å². The van der Waals surface area contributed by atoms with E-state index in [2.05, 4.69) is 24.9 Å². The second kappa shape index (κ2) is 29.0. The molecule has 2 aliphatic carbocycles. The van der Waals surface area contributed by atoms with Gasteiger partial charge in [0.1, 0.15) is 40.5 Å². The van der Waals surface area contributed by atoms with Crippen LogP contribution in [0.4, 0.5) is 19.7 Å². The Morgan fingerprint density at radius 1 is 0.867 bits per heavy atom. The Kier molecular flexibility index (Phi) is 22.7. The molecule has 3 N–H and O–H groups in total. The first-order chi connectivity index (χ1) is 36.3. The highest BCUT2D eigenvalue weighted by Crippen LogP contribution is 2.62. The van der Waals surface area contributed by atoms with Crippen molar-refractivity contribution in [2.24, 2.45) is 22.9 Å². The predicted molar refractivity (Wildman–Crippen MR) is 290 cm³/mol. The first-order valence-corrected chi connectivity index (χ1v) is 27.4. The average Bonchev–Trinajstić information content (AvgIpc) is 3.39. The molecule has 3 aromatic carbocycles. The minimum absolute atomic E-state index is 0.0256. The molecule has 0 bridgehead atoms. The fourth-order valence-corrected chi connectivity index (χ4v) is 11.0.